The van der Waals surface area contributed by atoms with Gasteiger partial charge in [-0.3, -0.25) is 9.59 Å². The summed E-state index contributed by atoms with van der Waals surface area (Å²) >= 11 is 1.37. The van der Waals surface area contributed by atoms with Crippen molar-refractivity contribution < 1.29 is 9.59 Å². The number of thiazole rings is 1. The minimum absolute atomic E-state index is 0.188. The highest BCUT2D eigenvalue weighted by molar-refractivity contribution is 7.13. The summed E-state index contributed by atoms with van der Waals surface area (Å²) in [6.45, 7) is 11.9. The zero-order valence-corrected chi connectivity index (χ0v) is 20.4. The highest BCUT2D eigenvalue weighted by Gasteiger charge is 2.35. The van der Waals surface area contributed by atoms with Gasteiger partial charge in [-0.2, -0.15) is 0 Å². The fourth-order valence-corrected chi connectivity index (χ4v) is 4.45. The van der Waals surface area contributed by atoms with Crippen LogP contribution in [-0.2, 0) is 11.3 Å². The molecule has 32 heavy (non-hydrogen) atoms. The quantitative estimate of drug-likeness (QED) is 0.550. The van der Waals surface area contributed by atoms with Crippen molar-refractivity contribution in [1.82, 2.24) is 15.2 Å². The van der Waals surface area contributed by atoms with E-state index in [4.69, 9.17) is 0 Å². The predicted octanol–water partition coefficient (Wildman–Crippen LogP) is 5.37. The van der Waals surface area contributed by atoms with E-state index in [2.05, 4.69) is 10.3 Å². The Labute approximate surface area is 194 Å². The molecule has 6 heteroatoms. The van der Waals surface area contributed by atoms with Crippen LogP contribution in [0, 0.1) is 20.8 Å². The molecule has 168 valence electrons. The topological polar surface area (TPSA) is 62.3 Å². The van der Waals surface area contributed by atoms with Crippen LogP contribution < -0.4 is 5.32 Å². The predicted molar refractivity (Wildman–Crippen MR) is 130 cm³/mol. The summed E-state index contributed by atoms with van der Waals surface area (Å²) in [7, 11) is 0. The SMILES string of the molecule is Cc1ccc(CN(C(=O)c2sc(C)nc2C)C(C(=O)NC(C)(C)C)c2ccccc2)cc1. The second-order valence-electron chi connectivity index (χ2n) is 9.12. The number of aromatic nitrogens is 1. The van der Waals surface area contributed by atoms with Crippen LogP contribution >= 0.6 is 11.3 Å². The van der Waals surface area contributed by atoms with Crippen molar-refractivity contribution in [3.05, 3.63) is 86.9 Å². The summed E-state index contributed by atoms with van der Waals surface area (Å²) in [5, 5.41) is 3.90. The van der Waals surface area contributed by atoms with Gasteiger partial charge in [0.05, 0.1) is 10.7 Å². The van der Waals surface area contributed by atoms with Gasteiger partial charge in [0.1, 0.15) is 10.9 Å². The third-order valence-electron chi connectivity index (χ3n) is 5.01. The maximum Gasteiger partial charge on any atom is 0.267 e. The van der Waals surface area contributed by atoms with E-state index in [-0.39, 0.29) is 11.8 Å². The molecule has 2 aromatic carbocycles. The number of amides is 2. The Morgan fingerprint density at radius 3 is 2.16 bits per heavy atom. The molecule has 1 unspecified atom stereocenters. The molecule has 0 aliphatic heterocycles. The standard InChI is InChI=1S/C26H31N3O2S/c1-17-12-14-20(15-13-17)16-29(25(31)23-18(2)27-19(3)32-23)22(21-10-8-7-9-11-21)24(30)28-26(4,5)6/h7-15,22H,16H2,1-6H3,(H,28,30). The summed E-state index contributed by atoms with van der Waals surface area (Å²) in [5.41, 5.74) is 3.14. The van der Waals surface area contributed by atoms with E-state index in [9.17, 15) is 9.59 Å². The fraction of sp³-hybridized carbons (Fsp3) is 0.346. The van der Waals surface area contributed by atoms with E-state index >= 15 is 0 Å². The Morgan fingerprint density at radius 1 is 1.00 bits per heavy atom. The first-order chi connectivity index (χ1) is 15.0. The van der Waals surface area contributed by atoms with Crippen molar-refractivity contribution in [1.29, 1.82) is 0 Å². The molecule has 0 bridgehead atoms. The van der Waals surface area contributed by atoms with Gasteiger partial charge in [0.15, 0.2) is 0 Å². The minimum Gasteiger partial charge on any atom is -0.349 e. The van der Waals surface area contributed by atoms with Crippen molar-refractivity contribution >= 4 is 23.2 Å². The first-order valence-electron chi connectivity index (χ1n) is 10.7. The molecule has 0 fully saturated rings. The zero-order valence-electron chi connectivity index (χ0n) is 19.6. The van der Waals surface area contributed by atoms with Crippen molar-refractivity contribution in [3.8, 4) is 0 Å². The molecule has 0 saturated carbocycles. The number of benzene rings is 2. The number of aryl methyl sites for hydroxylation is 3. The Hall–Kier alpha value is -2.99. The molecule has 1 aromatic heterocycles. The van der Waals surface area contributed by atoms with Crippen LogP contribution in [-0.4, -0.2) is 27.2 Å². The highest BCUT2D eigenvalue weighted by Crippen LogP contribution is 2.29. The van der Waals surface area contributed by atoms with E-state index in [1.165, 1.54) is 11.3 Å². The molecule has 0 radical (unpaired) electrons. The number of hydrogen-bond donors (Lipinski definition) is 1. The van der Waals surface area contributed by atoms with E-state index in [0.29, 0.717) is 17.1 Å². The Morgan fingerprint density at radius 2 is 1.62 bits per heavy atom. The highest BCUT2D eigenvalue weighted by atomic mass is 32.1. The number of carbonyl (C=O) groups excluding carboxylic acids is 2. The van der Waals surface area contributed by atoms with Crippen molar-refractivity contribution in [2.24, 2.45) is 0 Å². The normalized spacial score (nSPS) is 12.3. The lowest BCUT2D eigenvalue weighted by molar-refractivity contribution is -0.127. The van der Waals surface area contributed by atoms with Crippen molar-refractivity contribution in [3.63, 3.8) is 0 Å². The maximum atomic E-state index is 13.9. The fourth-order valence-electron chi connectivity index (χ4n) is 3.58. The number of carbonyl (C=O) groups is 2. The molecule has 3 aromatic rings. The van der Waals surface area contributed by atoms with E-state index in [1.807, 2.05) is 96.1 Å². The molecular weight excluding hydrogens is 418 g/mol. The summed E-state index contributed by atoms with van der Waals surface area (Å²) in [5.74, 6) is -0.394. The number of hydrogen-bond acceptors (Lipinski definition) is 4. The van der Waals surface area contributed by atoms with Crippen molar-refractivity contribution in [2.45, 2.75) is 59.7 Å². The van der Waals surface area contributed by atoms with Crippen LogP contribution in [0.3, 0.4) is 0 Å². The first-order valence-corrected chi connectivity index (χ1v) is 11.5. The molecule has 5 nitrogen and oxygen atoms in total. The molecule has 0 aliphatic rings. The number of nitrogens with zero attached hydrogens (tertiary/aromatic N) is 2. The van der Waals surface area contributed by atoms with Gasteiger partial charge in [0, 0.05) is 12.1 Å². The van der Waals surface area contributed by atoms with E-state index in [1.54, 1.807) is 4.90 Å². The largest absolute Gasteiger partial charge is 0.349 e. The van der Waals surface area contributed by atoms with Crippen LogP contribution in [0.5, 0.6) is 0 Å². The van der Waals surface area contributed by atoms with Gasteiger partial charge in [-0.1, -0.05) is 60.2 Å². The smallest absolute Gasteiger partial charge is 0.267 e. The molecule has 0 spiro atoms. The average molecular weight is 450 g/mol. The zero-order chi connectivity index (χ0) is 23.5. The molecule has 1 heterocycles. The lowest BCUT2D eigenvalue weighted by Crippen LogP contribution is -2.49. The summed E-state index contributed by atoms with van der Waals surface area (Å²) in [6, 6.07) is 16.8. The van der Waals surface area contributed by atoms with Crippen molar-refractivity contribution in [2.75, 3.05) is 0 Å². The first kappa shape index (κ1) is 23.7. The number of rotatable bonds is 6. The second-order valence-corrected chi connectivity index (χ2v) is 10.3. The third-order valence-corrected chi connectivity index (χ3v) is 6.07. The Balaban J connectivity index is 2.11. The van der Waals surface area contributed by atoms with E-state index < -0.39 is 11.6 Å². The van der Waals surface area contributed by atoms with E-state index in [0.717, 1.165) is 21.7 Å². The summed E-state index contributed by atoms with van der Waals surface area (Å²) in [4.78, 5) is 34.1. The molecule has 0 aliphatic carbocycles. The Kier molecular flexibility index (Phi) is 7.14. The lowest BCUT2D eigenvalue weighted by atomic mass is 10.0. The Bertz CT molecular complexity index is 1080. The van der Waals surface area contributed by atoms with Gasteiger partial charge in [-0.25, -0.2) is 4.98 Å². The maximum absolute atomic E-state index is 13.9. The van der Waals surface area contributed by atoms with Gasteiger partial charge in [0.2, 0.25) is 5.91 Å². The molecule has 2 amide bonds. The van der Waals surface area contributed by atoms with Gasteiger partial charge >= 0.3 is 0 Å². The van der Waals surface area contributed by atoms with Gasteiger partial charge in [0.25, 0.3) is 5.91 Å². The molecular formula is C26H31N3O2S. The number of nitrogens with one attached hydrogen (secondary N) is 1. The summed E-state index contributed by atoms with van der Waals surface area (Å²) in [6.07, 6.45) is 0. The summed E-state index contributed by atoms with van der Waals surface area (Å²) < 4.78 is 0. The van der Waals surface area contributed by atoms with Gasteiger partial charge in [-0.05, 0) is 52.7 Å². The van der Waals surface area contributed by atoms with Gasteiger partial charge < -0.3 is 10.2 Å². The van der Waals surface area contributed by atoms with Crippen LogP contribution in [0.25, 0.3) is 0 Å². The van der Waals surface area contributed by atoms with Crippen LogP contribution in [0.2, 0.25) is 0 Å². The van der Waals surface area contributed by atoms with Crippen LogP contribution in [0.15, 0.2) is 54.6 Å². The minimum atomic E-state index is -0.772. The van der Waals surface area contributed by atoms with Crippen LogP contribution in [0.1, 0.15) is 63.9 Å². The molecule has 1 atom stereocenters. The molecule has 3 rings (SSSR count). The third kappa shape index (κ3) is 5.82. The average Bonchev–Trinajstić information content (AvgIpc) is 3.06. The molecule has 0 saturated heterocycles. The monoisotopic (exact) mass is 449 g/mol. The second kappa shape index (κ2) is 9.65. The molecule has 1 N–H and O–H groups in total. The lowest BCUT2D eigenvalue weighted by Gasteiger charge is -2.33. The van der Waals surface area contributed by atoms with Gasteiger partial charge in [-0.15, -0.1) is 11.3 Å². The van der Waals surface area contributed by atoms with Crippen LogP contribution in [0.4, 0.5) is 0 Å².